The third kappa shape index (κ3) is 30.2. The van der Waals surface area contributed by atoms with Gasteiger partial charge in [-0.05, 0) is 89.3 Å². The van der Waals surface area contributed by atoms with Crippen molar-refractivity contribution in [2.75, 3.05) is 39.4 Å². The lowest BCUT2D eigenvalue weighted by Crippen LogP contribution is -2.34. The molecule has 0 atom stereocenters. The minimum atomic E-state index is -0.108. The van der Waals surface area contributed by atoms with Gasteiger partial charge in [-0.2, -0.15) is 0 Å². The average Bonchev–Trinajstić information content (AvgIpc) is 3.94. The zero-order valence-corrected chi connectivity index (χ0v) is 37.3. The van der Waals surface area contributed by atoms with Gasteiger partial charge in [-0.25, -0.2) is 0 Å². The Bertz CT molecular complexity index is 904. The Morgan fingerprint density at radius 2 is 0.909 bits per heavy atom. The maximum atomic E-state index is 12.4. The third-order valence-electron chi connectivity index (χ3n) is 12.1. The SMILES string of the molecule is CCCCCC(CCCCC)CCOC(=O)CCCCCCCN(CCCCCCCC(=O)OCCC(CCCC)CCCC)CCCNC(=O)C1(C)CC1. The quantitative estimate of drug-likeness (QED) is 0.0492. The fraction of sp³-hybridized carbons (Fsp3) is 0.938. The summed E-state index contributed by atoms with van der Waals surface area (Å²) in [6, 6.07) is 0. The van der Waals surface area contributed by atoms with E-state index < -0.39 is 0 Å². The summed E-state index contributed by atoms with van der Waals surface area (Å²) in [5, 5.41) is 3.17. The van der Waals surface area contributed by atoms with Crippen LogP contribution in [0, 0.1) is 17.3 Å². The second kappa shape index (κ2) is 35.5. The number of amides is 1. The highest BCUT2D eigenvalue weighted by Gasteiger charge is 2.44. The summed E-state index contributed by atoms with van der Waals surface area (Å²) in [6.07, 6.45) is 35.1. The molecule has 0 aromatic heterocycles. The number of ether oxygens (including phenoxy) is 2. The lowest BCUT2D eigenvalue weighted by Gasteiger charge is -2.22. The fourth-order valence-electron chi connectivity index (χ4n) is 7.78. The van der Waals surface area contributed by atoms with E-state index >= 15 is 0 Å². The molecule has 1 rings (SSSR count). The van der Waals surface area contributed by atoms with Crippen LogP contribution in [0.4, 0.5) is 0 Å². The summed E-state index contributed by atoms with van der Waals surface area (Å²) in [4.78, 5) is 39.7. The lowest BCUT2D eigenvalue weighted by atomic mass is 9.92. The first-order chi connectivity index (χ1) is 26.8. The molecule has 0 spiro atoms. The molecule has 1 N–H and O–H groups in total. The van der Waals surface area contributed by atoms with Crippen LogP contribution in [0.2, 0.25) is 0 Å². The zero-order chi connectivity index (χ0) is 40.2. The summed E-state index contributed by atoms with van der Waals surface area (Å²) >= 11 is 0. The van der Waals surface area contributed by atoms with E-state index in [9.17, 15) is 14.4 Å². The van der Waals surface area contributed by atoms with Crippen LogP contribution in [0.1, 0.15) is 234 Å². The summed E-state index contributed by atoms with van der Waals surface area (Å²) < 4.78 is 11.3. The number of unbranched alkanes of at least 4 members (excludes halogenated alkanes) is 14. The molecule has 0 unspecified atom stereocenters. The van der Waals surface area contributed by atoms with E-state index in [0.29, 0.717) is 37.9 Å². The van der Waals surface area contributed by atoms with Crippen LogP contribution in [0.15, 0.2) is 0 Å². The normalized spacial score (nSPS) is 13.5. The van der Waals surface area contributed by atoms with Crippen molar-refractivity contribution in [1.29, 1.82) is 0 Å². The molecule has 1 saturated carbocycles. The van der Waals surface area contributed by atoms with Gasteiger partial charge in [0.05, 0.1) is 13.2 Å². The van der Waals surface area contributed by atoms with Crippen molar-refractivity contribution in [3.8, 4) is 0 Å². The van der Waals surface area contributed by atoms with Crippen molar-refractivity contribution in [1.82, 2.24) is 10.2 Å². The number of nitrogens with one attached hydrogen (secondary N) is 1. The van der Waals surface area contributed by atoms with Crippen LogP contribution in [0.25, 0.3) is 0 Å². The van der Waals surface area contributed by atoms with E-state index in [2.05, 4.69) is 44.8 Å². The van der Waals surface area contributed by atoms with Crippen molar-refractivity contribution in [3.63, 3.8) is 0 Å². The van der Waals surface area contributed by atoms with E-state index in [1.54, 1.807) is 0 Å². The number of esters is 2. The van der Waals surface area contributed by atoms with Crippen molar-refractivity contribution in [3.05, 3.63) is 0 Å². The van der Waals surface area contributed by atoms with Crippen molar-refractivity contribution >= 4 is 17.8 Å². The first-order valence-electron chi connectivity index (χ1n) is 24.1. The van der Waals surface area contributed by atoms with Crippen LogP contribution in [0.5, 0.6) is 0 Å². The molecule has 1 aliphatic rings. The molecule has 1 aliphatic carbocycles. The smallest absolute Gasteiger partial charge is 0.305 e. The van der Waals surface area contributed by atoms with E-state index in [1.165, 1.54) is 116 Å². The average molecular weight is 777 g/mol. The van der Waals surface area contributed by atoms with Crippen LogP contribution in [-0.4, -0.2) is 62.1 Å². The molecular formula is C48H92N2O5. The molecule has 0 bridgehead atoms. The van der Waals surface area contributed by atoms with E-state index in [1.807, 2.05) is 0 Å². The van der Waals surface area contributed by atoms with Gasteiger partial charge < -0.3 is 19.7 Å². The summed E-state index contributed by atoms with van der Waals surface area (Å²) in [7, 11) is 0. The number of carbonyl (C=O) groups is 3. The second-order valence-corrected chi connectivity index (χ2v) is 17.6. The summed E-state index contributed by atoms with van der Waals surface area (Å²) in [5.41, 5.74) is -0.108. The van der Waals surface area contributed by atoms with Crippen LogP contribution in [0.3, 0.4) is 0 Å². The Balaban J connectivity index is 2.25. The Morgan fingerprint density at radius 3 is 1.35 bits per heavy atom. The van der Waals surface area contributed by atoms with Crippen LogP contribution in [-0.2, 0) is 23.9 Å². The monoisotopic (exact) mass is 777 g/mol. The zero-order valence-electron chi connectivity index (χ0n) is 37.3. The highest BCUT2D eigenvalue weighted by Crippen LogP contribution is 2.44. The molecule has 0 aromatic rings. The first-order valence-corrected chi connectivity index (χ1v) is 24.1. The van der Waals surface area contributed by atoms with Gasteiger partial charge in [-0.3, -0.25) is 14.4 Å². The Labute approximate surface area is 341 Å². The van der Waals surface area contributed by atoms with Gasteiger partial charge in [-0.15, -0.1) is 0 Å². The van der Waals surface area contributed by atoms with Crippen molar-refractivity contribution < 1.29 is 23.9 Å². The van der Waals surface area contributed by atoms with Gasteiger partial charge in [0.2, 0.25) is 5.91 Å². The topological polar surface area (TPSA) is 84.9 Å². The van der Waals surface area contributed by atoms with Gasteiger partial charge in [0.25, 0.3) is 0 Å². The van der Waals surface area contributed by atoms with E-state index in [0.717, 1.165) is 96.8 Å². The number of nitrogens with zero attached hydrogens (tertiary/aromatic N) is 1. The van der Waals surface area contributed by atoms with E-state index in [4.69, 9.17) is 9.47 Å². The molecule has 0 heterocycles. The Morgan fingerprint density at radius 1 is 0.509 bits per heavy atom. The van der Waals surface area contributed by atoms with Crippen LogP contribution >= 0.6 is 0 Å². The van der Waals surface area contributed by atoms with Gasteiger partial charge in [0.15, 0.2) is 0 Å². The lowest BCUT2D eigenvalue weighted by molar-refractivity contribution is -0.145. The maximum absolute atomic E-state index is 12.4. The van der Waals surface area contributed by atoms with Gasteiger partial charge >= 0.3 is 11.9 Å². The standard InChI is InChI=1S/C48H92N2O5/c1-6-10-20-29-44(30-21-11-7-2)34-42-55-46(52)32-23-17-15-19-25-39-50(40-26-37-49-47(53)48(5)35-36-48)38-24-18-14-16-22-31-45(51)54-41-33-43(27-12-8-3)28-13-9-4/h43-44H,6-42H2,1-5H3,(H,49,53). The second-order valence-electron chi connectivity index (χ2n) is 17.6. The molecular weight excluding hydrogens is 685 g/mol. The fourth-order valence-corrected chi connectivity index (χ4v) is 7.78. The molecule has 7 nitrogen and oxygen atoms in total. The number of rotatable bonds is 41. The molecule has 7 heteroatoms. The van der Waals surface area contributed by atoms with Gasteiger partial charge in [0.1, 0.15) is 0 Å². The third-order valence-corrected chi connectivity index (χ3v) is 12.1. The number of hydrogen-bond acceptors (Lipinski definition) is 6. The van der Waals surface area contributed by atoms with Gasteiger partial charge in [0, 0.05) is 24.8 Å². The molecule has 0 saturated heterocycles. The Hall–Kier alpha value is -1.63. The molecule has 1 amide bonds. The van der Waals surface area contributed by atoms with Gasteiger partial charge in [-0.1, -0.05) is 163 Å². The van der Waals surface area contributed by atoms with Crippen LogP contribution < -0.4 is 5.32 Å². The highest BCUT2D eigenvalue weighted by molar-refractivity contribution is 5.84. The van der Waals surface area contributed by atoms with Crippen molar-refractivity contribution in [2.45, 2.75) is 234 Å². The first kappa shape index (κ1) is 51.4. The summed E-state index contributed by atoms with van der Waals surface area (Å²) in [5.74, 6) is 1.60. The van der Waals surface area contributed by atoms with E-state index in [-0.39, 0.29) is 23.3 Å². The minimum Gasteiger partial charge on any atom is -0.466 e. The molecule has 1 fully saturated rings. The predicted octanol–water partition coefficient (Wildman–Crippen LogP) is 12.9. The number of carbonyl (C=O) groups excluding carboxylic acids is 3. The molecule has 324 valence electrons. The largest absolute Gasteiger partial charge is 0.466 e. The molecule has 0 radical (unpaired) electrons. The molecule has 0 aromatic carbocycles. The van der Waals surface area contributed by atoms with Crippen molar-refractivity contribution in [2.24, 2.45) is 17.3 Å². The number of hydrogen-bond donors (Lipinski definition) is 1. The Kier molecular flexibility index (Phi) is 33.2. The molecule has 55 heavy (non-hydrogen) atoms. The molecule has 0 aliphatic heterocycles. The minimum absolute atomic E-state index is 0.0150. The summed E-state index contributed by atoms with van der Waals surface area (Å²) in [6.45, 7) is 16.2. The predicted molar refractivity (Wildman–Crippen MR) is 232 cm³/mol. The highest BCUT2D eigenvalue weighted by atomic mass is 16.5. The maximum Gasteiger partial charge on any atom is 0.305 e.